The van der Waals surface area contributed by atoms with Crippen LogP contribution >= 0.6 is 0 Å². The highest BCUT2D eigenvalue weighted by Gasteiger charge is 1.98. The van der Waals surface area contributed by atoms with Crippen LogP contribution in [0.4, 0.5) is 5.69 Å². The van der Waals surface area contributed by atoms with Crippen molar-refractivity contribution in [3.8, 4) is 6.07 Å². The van der Waals surface area contributed by atoms with E-state index in [1.165, 1.54) is 0 Å². The largest absolute Gasteiger partial charge is 0.384 e. The summed E-state index contributed by atoms with van der Waals surface area (Å²) in [4.78, 5) is 0. The minimum Gasteiger partial charge on any atom is -0.384 e. The average Bonchev–Trinajstić information content (AvgIpc) is 2.38. The summed E-state index contributed by atoms with van der Waals surface area (Å²) in [5, 5.41) is 12.1. The molecular weight excluding hydrogens is 216 g/mol. The molecular formula is C13H18N2O2. The van der Waals surface area contributed by atoms with Gasteiger partial charge in [-0.2, -0.15) is 5.26 Å². The van der Waals surface area contributed by atoms with Crippen LogP contribution in [0.3, 0.4) is 0 Å². The summed E-state index contributed by atoms with van der Waals surface area (Å²) in [5.41, 5.74) is 1.56. The van der Waals surface area contributed by atoms with E-state index in [1.54, 1.807) is 13.2 Å². The Hall–Kier alpha value is -1.57. The van der Waals surface area contributed by atoms with Crippen LogP contribution in [0.1, 0.15) is 12.0 Å². The summed E-state index contributed by atoms with van der Waals surface area (Å²) < 4.78 is 10.2. The Morgan fingerprint density at radius 2 is 2.06 bits per heavy atom. The molecule has 0 aliphatic heterocycles. The maximum Gasteiger partial charge on any atom is 0.101 e. The lowest BCUT2D eigenvalue weighted by atomic mass is 10.2. The molecule has 17 heavy (non-hydrogen) atoms. The number of rotatable bonds is 8. The lowest BCUT2D eigenvalue weighted by Gasteiger charge is -2.08. The number of benzene rings is 1. The maximum absolute atomic E-state index is 8.89. The van der Waals surface area contributed by atoms with Gasteiger partial charge in [0.1, 0.15) is 6.07 Å². The van der Waals surface area contributed by atoms with Crippen LogP contribution in [0.2, 0.25) is 0 Å². The zero-order valence-corrected chi connectivity index (χ0v) is 10.1. The molecule has 1 N–H and O–H groups in total. The molecule has 0 aromatic heterocycles. The third-order valence-electron chi connectivity index (χ3n) is 2.26. The molecule has 1 rings (SSSR count). The van der Waals surface area contributed by atoms with E-state index < -0.39 is 0 Å². The summed E-state index contributed by atoms with van der Waals surface area (Å²) >= 11 is 0. The third-order valence-corrected chi connectivity index (χ3v) is 2.26. The number of nitrogens with one attached hydrogen (secondary N) is 1. The zero-order chi connectivity index (χ0) is 12.3. The first-order valence-electron chi connectivity index (χ1n) is 5.68. The molecule has 0 saturated heterocycles. The van der Waals surface area contributed by atoms with Crippen molar-refractivity contribution in [1.29, 1.82) is 5.26 Å². The minimum absolute atomic E-state index is 0.630. The van der Waals surface area contributed by atoms with Crippen molar-refractivity contribution in [1.82, 2.24) is 0 Å². The molecule has 0 saturated carbocycles. The van der Waals surface area contributed by atoms with Gasteiger partial charge in [0.15, 0.2) is 0 Å². The van der Waals surface area contributed by atoms with Crippen molar-refractivity contribution >= 4 is 5.69 Å². The Balaban J connectivity index is 2.16. The molecule has 0 atom stereocenters. The molecule has 0 heterocycles. The molecule has 0 fully saturated rings. The van der Waals surface area contributed by atoms with Gasteiger partial charge < -0.3 is 14.8 Å². The summed E-state index contributed by atoms with van der Waals surface area (Å²) in [6.45, 7) is 2.76. The molecule has 0 aliphatic rings. The fourth-order valence-corrected chi connectivity index (χ4v) is 1.38. The van der Waals surface area contributed by atoms with Gasteiger partial charge in [-0.15, -0.1) is 0 Å². The Kier molecular flexibility index (Phi) is 6.80. The zero-order valence-electron chi connectivity index (χ0n) is 10.1. The monoisotopic (exact) mass is 234 g/mol. The van der Waals surface area contributed by atoms with Crippen molar-refractivity contribution in [2.75, 3.05) is 38.8 Å². The van der Waals surface area contributed by atoms with Crippen LogP contribution in [0.15, 0.2) is 24.3 Å². The first-order chi connectivity index (χ1) is 8.38. The van der Waals surface area contributed by atoms with Crippen molar-refractivity contribution < 1.29 is 9.47 Å². The summed E-state index contributed by atoms with van der Waals surface area (Å²) in [5.74, 6) is 0. The highest BCUT2D eigenvalue weighted by molar-refractivity contribution is 5.56. The van der Waals surface area contributed by atoms with E-state index >= 15 is 0 Å². The quantitative estimate of drug-likeness (QED) is 0.699. The molecule has 0 bridgehead atoms. The van der Waals surface area contributed by atoms with Crippen LogP contribution in [0.25, 0.3) is 0 Å². The predicted octanol–water partition coefficient (Wildman–Crippen LogP) is 2.02. The summed E-state index contributed by atoms with van der Waals surface area (Å²) in [7, 11) is 1.66. The van der Waals surface area contributed by atoms with E-state index in [2.05, 4.69) is 11.4 Å². The Bertz CT molecular complexity index is 361. The van der Waals surface area contributed by atoms with Gasteiger partial charge in [0.05, 0.1) is 24.5 Å². The highest BCUT2D eigenvalue weighted by atomic mass is 16.5. The van der Waals surface area contributed by atoms with Crippen molar-refractivity contribution in [3.05, 3.63) is 29.8 Å². The smallest absolute Gasteiger partial charge is 0.101 e. The number of nitrogens with zero attached hydrogens (tertiary/aromatic N) is 1. The fourth-order valence-electron chi connectivity index (χ4n) is 1.38. The SMILES string of the molecule is COCCOCCCNc1ccccc1C#N. The molecule has 0 spiro atoms. The second-order valence-corrected chi connectivity index (χ2v) is 3.54. The molecule has 1 aromatic rings. The Labute approximate surface area is 102 Å². The van der Waals surface area contributed by atoms with Crippen LogP contribution in [-0.2, 0) is 9.47 Å². The Morgan fingerprint density at radius 3 is 2.82 bits per heavy atom. The number of nitriles is 1. The van der Waals surface area contributed by atoms with Crippen molar-refractivity contribution in [2.24, 2.45) is 0 Å². The van der Waals surface area contributed by atoms with Gasteiger partial charge in [0, 0.05) is 20.3 Å². The minimum atomic E-state index is 0.630. The number of hydrogen-bond donors (Lipinski definition) is 1. The van der Waals surface area contributed by atoms with Gasteiger partial charge in [-0.3, -0.25) is 0 Å². The fraction of sp³-hybridized carbons (Fsp3) is 0.462. The first kappa shape index (κ1) is 13.5. The van der Waals surface area contributed by atoms with E-state index in [1.807, 2.05) is 18.2 Å². The summed E-state index contributed by atoms with van der Waals surface area (Å²) in [6.07, 6.45) is 0.906. The van der Waals surface area contributed by atoms with Gasteiger partial charge in [-0.25, -0.2) is 0 Å². The number of hydrogen-bond acceptors (Lipinski definition) is 4. The molecule has 4 nitrogen and oxygen atoms in total. The van der Waals surface area contributed by atoms with E-state index in [4.69, 9.17) is 14.7 Å². The average molecular weight is 234 g/mol. The van der Waals surface area contributed by atoms with Gasteiger partial charge in [-0.05, 0) is 18.6 Å². The number of methoxy groups -OCH3 is 1. The first-order valence-corrected chi connectivity index (χ1v) is 5.68. The molecule has 1 aromatic carbocycles. The van der Waals surface area contributed by atoms with Crippen LogP contribution in [0.5, 0.6) is 0 Å². The predicted molar refractivity (Wildman–Crippen MR) is 67.0 cm³/mol. The third kappa shape index (κ3) is 5.34. The van der Waals surface area contributed by atoms with Gasteiger partial charge in [-0.1, -0.05) is 12.1 Å². The molecule has 4 heteroatoms. The number of anilines is 1. The normalized spacial score (nSPS) is 9.88. The molecule has 0 aliphatic carbocycles. The molecule has 0 unspecified atom stereocenters. The highest BCUT2D eigenvalue weighted by Crippen LogP contribution is 2.12. The van der Waals surface area contributed by atoms with Crippen LogP contribution in [0, 0.1) is 11.3 Å². The molecule has 0 amide bonds. The summed E-state index contributed by atoms with van der Waals surface area (Å²) in [6, 6.07) is 9.64. The standard InChI is InChI=1S/C13H18N2O2/c1-16-9-10-17-8-4-7-15-13-6-3-2-5-12(13)11-14/h2-3,5-6,15H,4,7-10H2,1H3. The van der Waals surface area contributed by atoms with E-state index in [0.29, 0.717) is 25.4 Å². The van der Waals surface area contributed by atoms with Gasteiger partial charge in [0.2, 0.25) is 0 Å². The van der Waals surface area contributed by atoms with Crippen LogP contribution in [-0.4, -0.2) is 33.5 Å². The van der Waals surface area contributed by atoms with E-state index in [-0.39, 0.29) is 0 Å². The van der Waals surface area contributed by atoms with Crippen LogP contribution < -0.4 is 5.32 Å². The molecule has 92 valence electrons. The topological polar surface area (TPSA) is 54.3 Å². The number of para-hydroxylation sites is 1. The lowest BCUT2D eigenvalue weighted by Crippen LogP contribution is -2.08. The second kappa shape index (κ2) is 8.57. The van der Waals surface area contributed by atoms with Crippen molar-refractivity contribution in [2.45, 2.75) is 6.42 Å². The van der Waals surface area contributed by atoms with E-state index in [0.717, 1.165) is 18.7 Å². The molecule has 0 radical (unpaired) electrons. The van der Waals surface area contributed by atoms with Crippen molar-refractivity contribution in [3.63, 3.8) is 0 Å². The van der Waals surface area contributed by atoms with Gasteiger partial charge in [0.25, 0.3) is 0 Å². The second-order valence-electron chi connectivity index (χ2n) is 3.54. The maximum atomic E-state index is 8.89. The number of ether oxygens (including phenoxy) is 2. The lowest BCUT2D eigenvalue weighted by molar-refractivity contribution is 0.0705. The van der Waals surface area contributed by atoms with E-state index in [9.17, 15) is 0 Å². The van der Waals surface area contributed by atoms with Gasteiger partial charge >= 0.3 is 0 Å². The Morgan fingerprint density at radius 1 is 1.24 bits per heavy atom.